The highest BCUT2D eigenvalue weighted by molar-refractivity contribution is 5.74. The largest absolute Gasteiger partial charge is 0.508 e. The Bertz CT molecular complexity index is 1210. The minimum Gasteiger partial charge on any atom is -0.508 e. The molecule has 11 heteroatoms. The first-order valence-electron chi connectivity index (χ1n) is 10.0. The van der Waals surface area contributed by atoms with Crippen molar-refractivity contribution < 1.29 is 35.4 Å². The number of nitrogens with zero attached hydrogens (tertiary/aromatic N) is 4. The first-order chi connectivity index (χ1) is 16.6. The van der Waals surface area contributed by atoms with Crippen LogP contribution in [0.25, 0.3) is 34.2 Å². The zero-order valence-electron chi connectivity index (χ0n) is 18.7. The van der Waals surface area contributed by atoms with Crippen molar-refractivity contribution in [3.8, 4) is 68.7 Å². The summed E-state index contributed by atoms with van der Waals surface area (Å²) >= 11 is 0. The third-order valence-corrected chi connectivity index (χ3v) is 4.51. The van der Waals surface area contributed by atoms with E-state index in [1.165, 1.54) is 41.3 Å². The number of aromatic nitrogens is 3. The fraction of sp³-hybridized carbons (Fsp3) is 0.0833. The van der Waals surface area contributed by atoms with E-state index in [-0.39, 0.29) is 68.7 Å². The number of rotatable bonds is 4. The molecular weight excluding hydrogens is 456 g/mol. The lowest BCUT2D eigenvalue weighted by molar-refractivity contribution is -0.115. The molecule has 0 atom stereocenters. The van der Waals surface area contributed by atoms with Gasteiger partial charge in [0, 0.05) is 32.3 Å². The maximum absolute atomic E-state index is 10.2. The van der Waals surface area contributed by atoms with Crippen molar-refractivity contribution in [3.63, 3.8) is 0 Å². The van der Waals surface area contributed by atoms with Crippen LogP contribution in [0.5, 0.6) is 34.5 Å². The highest BCUT2D eigenvalue weighted by atomic mass is 16.3. The second kappa shape index (κ2) is 10.3. The van der Waals surface area contributed by atoms with Gasteiger partial charge in [0.15, 0.2) is 17.5 Å². The van der Waals surface area contributed by atoms with Gasteiger partial charge in [-0.3, -0.25) is 4.79 Å². The maximum atomic E-state index is 10.2. The highest BCUT2D eigenvalue weighted by Gasteiger charge is 2.18. The summed E-state index contributed by atoms with van der Waals surface area (Å²) in [6.45, 7) is 0. The van der Waals surface area contributed by atoms with Gasteiger partial charge in [-0.2, -0.15) is 0 Å². The van der Waals surface area contributed by atoms with E-state index in [1.54, 1.807) is 14.1 Å². The number of hydrogen-bond donors (Lipinski definition) is 6. The van der Waals surface area contributed by atoms with Crippen molar-refractivity contribution in [1.29, 1.82) is 0 Å². The first kappa shape index (κ1) is 24.6. The topological polar surface area (TPSA) is 180 Å². The number of aromatic hydroxyl groups is 6. The first-order valence-corrected chi connectivity index (χ1v) is 10.0. The number of phenolic OH excluding ortho intramolecular Hbond substituents is 6. The van der Waals surface area contributed by atoms with Gasteiger partial charge >= 0.3 is 0 Å². The molecule has 1 aromatic heterocycles. The Labute approximate surface area is 199 Å². The molecule has 0 saturated heterocycles. The molecule has 0 bridgehead atoms. The summed E-state index contributed by atoms with van der Waals surface area (Å²) in [4.78, 5) is 23.7. The van der Waals surface area contributed by atoms with Gasteiger partial charge in [0.05, 0.1) is 16.7 Å². The van der Waals surface area contributed by atoms with Crippen LogP contribution in [0, 0.1) is 0 Å². The summed E-state index contributed by atoms with van der Waals surface area (Å²) < 4.78 is 0. The van der Waals surface area contributed by atoms with E-state index >= 15 is 0 Å². The molecule has 3 aromatic carbocycles. The van der Waals surface area contributed by atoms with Crippen molar-refractivity contribution in [1.82, 2.24) is 19.9 Å². The molecule has 0 aliphatic rings. The Hall–Kier alpha value is -5.06. The number of amides is 1. The predicted molar refractivity (Wildman–Crippen MR) is 126 cm³/mol. The molecular formula is C24H22N4O7. The zero-order valence-corrected chi connectivity index (χ0v) is 18.7. The molecule has 1 heterocycles. The van der Waals surface area contributed by atoms with Gasteiger partial charge < -0.3 is 35.5 Å². The van der Waals surface area contributed by atoms with E-state index in [0.717, 1.165) is 24.6 Å². The standard InChI is InChI=1S/C21H15N3O6.C3H7NO/c25-10-1-4-13(16(28)7-10)19-22-20(14-5-2-11(26)8-17(14)29)24-21(23-19)15-6-3-12(27)9-18(15)30;1-4(2)3-5/h1-9,25-30H;3H,1-2H3. The molecule has 0 saturated carbocycles. The SMILES string of the molecule is CN(C)C=O.Oc1ccc(-c2nc(-c3ccc(O)cc3O)nc(-c3ccc(O)cc3O)n2)c(O)c1. The van der Waals surface area contributed by atoms with Crippen LogP contribution in [0.2, 0.25) is 0 Å². The number of hydrogen-bond acceptors (Lipinski definition) is 10. The lowest BCUT2D eigenvalue weighted by Crippen LogP contribution is -2.06. The average molecular weight is 478 g/mol. The molecule has 0 fully saturated rings. The monoisotopic (exact) mass is 478 g/mol. The molecule has 11 nitrogen and oxygen atoms in total. The summed E-state index contributed by atoms with van der Waals surface area (Å²) in [5, 5.41) is 59.3. The fourth-order valence-corrected chi connectivity index (χ4v) is 2.86. The predicted octanol–water partition coefficient (Wildman–Crippen LogP) is 2.81. The number of phenols is 6. The fourth-order valence-electron chi connectivity index (χ4n) is 2.86. The molecule has 0 spiro atoms. The van der Waals surface area contributed by atoms with Crippen LogP contribution in [-0.4, -0.2) is 71.0 Å². The van der Waals surface area contributed by atoms with Gasteiger partial charge in [0.2, 0.25) is 6.41 Å². The Morgan fingerprint density at radius 1 is 0.571 bits per heavy atom. The lowest BCUT2D eigenvalue weighted by Gasteiger charge is -2.11. The Morgan fingerprint density at radius 3 is 1.03 bits per heavy atom. The minimum atomic E-state index is -0.289. The third-order valence-electron chi connectivity index (χ3n) is 4.51. The maximum Gasteiger partial charge on any atom is 0.209 e. The summed E-state index contributed by atoms with van der Waals surface area (Å²) in [7, 11) is 3.38. The van der Waals surface area contributed by atoms with Gasteiger partial charge in [-0.15, -0.1) is 0 Å². The van der Waals surface area contributed by atoms with E-state index in [2.05, 4.69) is 15.0 Å². The van der Waals surface area contributed by atoms with Gasteiger partial charge in [-0.1, -0.05) is 0 Å². The van der Waals surface area contributed by atoms with Crippen LogP contribution in [-0.2, 0) is 4.79 Å². The van der Waals surface area contributed by atoms with Crippen molar-refractivity contribution in [2.45, 2.75) is 0 Å². The molecule has 4 aromatic rings. The van der Waals surface area contributed by atoms with E-state index in [4.69, 9.17) is 0 Å². The van der Waals surface area contributed by atoms with Crippen LogP contribution in [0.1, 0.15) is 0 Å². The van der Waals surface area contributed by atoms with Crippen molar-refractivity contribution >= 4 is 6.41 Å². The molecule has 6 N–H and O–H groups in total. The molecule has 4 rings (SSSR count). The quantitative estimate of drug-likeness (QED) is 0.239. The molecule has 0 unspecified atom stereocenters. The van der Waals surface area contributed by atoms with Crippen molar-refractivity contribution in [2.24, 2.45) is 0 Å². The van der Waals surface area contributed by atoms with E-state index in [1.807, 2.05) is 0 Å². The normalized spacial score (nSPS) is 10.2. The van der Waals surface area contributed by atoms with Crippen molar-refractivity contribution in [3.05, 3.63) is 54.6 Å². The molecule has 1 amide bonds. The van der Waals surface area contributed by atoms with Gasteiger partial charge in [0.25, 0.3) is 0 Å². The second-order valence-electron chi connectivity index (χ2n) is 7.48. The van der Waals surface area contributed by atoms with Crippen LogP contribution < -0.4 is 0 Å². The molecule has 0 radical (unpaired) electrons. The summed E-state index contributed by atoms with van der Waals surface area (Å²) in [6, 6.07) is 11.6. The molecule has 35 heavy (non-hydrogen) atoms. The average Bonchev–Trinajstić information content (AvgIpc) is 2.79. The summed E-state index contributed by atoms with van der Waals surface area (Å²) in [5.41, 5.74) is 0.526. The van der Waals surface area contributed by atoms with E-state index < -0.39 is 0 Å². The van der Waals surface area contributed by atoms with Gasteiger partial charge in [-0.05, 0) is 36.4 Å². The Balaban J connectivity index is 0.000000623. The highest BCUT2D eigenvalue weighted by Crippen LogP contribution is 2.37. The van der Waals surface area contributed by atoms with E-state index in [0.29, 0.717) is 0 Å². The van der Waals surface area contributed by atoms with E-state index in [9.17, 15) is 35.4 Å². The minimum absolute atomic E-state index is 0.00690. The number of carbonyl (C=O) groups is 1. The van der Waals surface area contributed by atoms with Crippen LogP contribution in [0.3, 0.4) is 0 Å². The van der Waals surface area contributed by atoms with Crippen molar-refractivity contribution in [2.75, 3.05) is 14.1 Å². The van der Waals surface area contributed by atoms with Gasteiger partial charge in [-0.25, -0.2) is 15.0 Å². The van der Waals surface area contributed by atoms with Crippen LogP contribution in [0.4, 0.5) is 0 Å². The van der Waals surface area contributed by atoms with Crippen LogP contribution >= 0.6 is 0 Å². The molecule has 180 valence electrons. The van der Waals surface area contributed by atoms with Gasteiger partial charge in [0.1, 0.15) is 34.5 Å². The third kappa shape index (κ3) is 5.85. The summed E-state index contributed by atoms with van der Waals surface area (Å²) in [5.74, 6) is -1.31. The zero-order chi connectivity index (χ0) is 25.7. The molecule has 0 aliphatic carbocycles. The Kier molecular flexibility index (Phi) is 7.20. The molecule has 0 aliphatic heterocycles. The number of carbonyl (C=O) groups excluding carboxylic acids is 1. The summed E-state index contributed by atoms with van der Waals surface area (Å²) in [6.07, 6.45) is 0.750. The Morgan fingerprint density at radius 2 is 0.829 bits per heavy atom. The lowest BCUT2D eigenvalue weighted by atomic mass is 10.1. The number of benzene rings is 3. The van der Waals surface area contributed by atoms with Crippen LogP contribution in [0.15, 0.2) is 54.6 Å². The smallest absolute Gasteiger partial charge is 0.209 e. The second-order valence-corrected chi connectivity index (χ2v) is 7.48.